The number of aromatic nitrogens is 4. The fourth-order valence-electron chi connectivity index (χ4n) is 6.15. The molecule has 2 saturated carbocycles. The molecule has 1 saturated heterocycles. The second-order valence-electron chi connectivity index (χ2n) is 11.0. The molecule has 1 atom stereocenters. The maximum Gasteiger partial charge on any atom is 0.253 e. The van der Waals surface area contributed by atoms with Gasteiger partial charge < -0.3 is 14.5 Å². The van der Waals surface area contributed by atoms with Crippen LogP contribution >= 0.6 is 0 Å². The van der Waals surface area contributed by atoms with Gasteiger partial charge in [0.15, 0.2) is 5.82 Å². The van der Waals surface area contributed by atoms with Gasteiger partial charge in [0.25, 0.3) is 5.56 Å². The third-order valence-corrected chi connectivity index (χ3v) is 8.54. The maximum atomic E-state index is 13.2. The fourth-order valence-corrected chi connectivity index (χ4v) is 6.15. The number of likely N-dealkylation sites (tertiary alicyclic amines) is 1. The highest BCUT2D eigenvalue weighted by Gasteiger charge is 2.55. The van der Waals surface area contributed by atoms with Crippen molar-refractivity contribution in [1.82, 2.24) is 24.6 Å². The summed E-state index contributed by atoms with van der Waals surface area (Å²) >= 11 is 0. The molecule has 1 aromatic carbocycles. The zero-order chi connectivity index (χ0) is 25.5. The van der Waals surface area contributed by atoms with Crippen molar-refractivity contribution < 1.29 is 14.4 Å². The van der Waals surface area contributed by atoms with Gasteiger partial charge in [0, 0.05) is 48.9 Å². The highest BCUT2D eigenvalue weighted by atomic mass is 16.5. The van der Waals surface area contributed by atoms with Gasteiger partial charge >= 0.3 is 0 Å². The SMILES string of the molecule is O=C(CCc1noc(C2CC2)n1)N1CC[C@@](O)(Cn2cnc(-c3ccccc3)cc2=O)C2(CCCC2)C1. The minimum Gasteiger partial charge on any atom is -0.387 e. The third kappa shape index (κ3) is 4.72. The Hall–Kier alpha value is -3.33. The summed E-state index contributed by atoms with van der Waals surface area (Å²) in [5.41, 5.74) is -0.180. The molecular weight excluding hydrogens is 470 g/mol. The molecule has 1 aliphatic heterocycles. The Balaban J connectivity index is 1.15. The first-order valence-corrected chi connectivity index (χ1v) is 13.4. The lowest BCUT2D eigenvalue weighted by atomic mass is 9.65. The van der Waals surface area contributed by atoms with E-state index in [9.17, 15) is 14.7 Å². The number of carbonyl (C=O) groups excluding carboxylic acids is 1. The molecule has 1 spiro atoms. The topological polar surface area (TPSA) is 114 Å². The van der Waals surface area contributed by atoms with E-state index >= 15 is 0 Å². The molecule has 0 unspecified atom stereocenters. The number of aryl methyl sites for hydroxylation is 1. The first kappa shape index (κ1) is 24.0. The zero-order valence-electron chi connectivity index (χ0n) is 21.0. The number of aliphatic hydroxyl groups is 1. The van der Waals surface area contributed by atoms with Crippen LogP contribution in [0.5, 0.6) is 0 Å². The van der Waals surface area contributed by atoms with Crippen LogP contribution < -0.4 is 5.56 Å². The van der Waals surface area contributed by atoms with E-state index in [0.717, 1.165) is 44.1 Å². The van der Waals surface area contributed by atoms with Crippen LogP contribution in [0.15, 0.2) is 52.0 Å². The Bertz CT molecular complexity index is 1330. The number of carbonyl (C=O) groups is 1. The molecule has 2 aliphatic carbocycles. The fraction of sp³-hybridized carbons (Fsp3) is 0.536. The van der Waals surface area contributed by atoms with Gasteiger partial charge in [0.2, 0.25) is 11.8 Å². The number of benzene rings is 1. The number of rotatable bonds is 7. The summed E-state index contributed by atoms with van der Waals surface area (Å²) in [5, 5.41) is 16.0. The highest BCUT2D eigenvalue weighted by Crippen LogP contribution is 2.51. The Labute approximate surface area is 215 Å². The van der Waals surface area contributed by atoms with Crippen molar-refractivity contribution in [2.24, 2.45) is 5.41 Å². The van der Waals surface area contributed by atoms with Crippen molar-refractivity contribution in [3.8, 4) is 11.3 Å². The van der Waals surface area contributed by atoms with Crippen LogP contribution in [0.3, 0.4) is 0 Å². The monoisotopic (exact) mass is 503 g/mol. The highest BCUT2D eigenvalue weighted by molar-refractivity contribution is 5.76. The first-order valence-electron chi connectivity index (χ1n) is 13.4. The van der Waals surface area contributed by atoms with Gasteiger partial charge in [0.1, 0.15) is 0 Å². The smallest absolute Gasteiger partial charge is 0.253 e. The molecular formula is C28H33N5O4. The normalized spacial score (nSPS) is 23.0. The van der Waals surface area contributed by atoms with Gasteiger partial charge in [-0.25, -0.2) is 4.98 Å². The maximum absolute atomic E-state index is 13.2. The summed E-state index contributed by atoms with van der Waals surface area (Å²) in [7, 11) is 0. The predicted molar refractivity (Wildman–Crippen MR) is 136 cm³/mol. The van der Waals surface area contributed by atoms with Crippen molar-refractivity contribution in [3.05, 3.63) is 64.8 Å². The minimum atomic E-state index is -1.08. The molecule has 2 aromatic heterocycles. The zero-order valence-corrected chi connectivity index (χ0v) is 21.0. The lowest BCUT2D eigenvalue weighted by Gasteiger charge is -2.52. The van der Waals surface area contributed by atoms with E-state index in [1.165, 1.54) is 10.6 Å². The van der Waals surface area contributed by atoms with Gasteiger partial charge in [-0.05, 0) is 32.1 Å². The summed E-state index contributed by atoms with van der Waals surface area (Å²) in [6.07, 6.45) is 8.65. The number of amides is 1. The van der Waals surface area contributed by atoms with Crippen LogP contribution in [0.1, 0.15) is 69.0 Å². The molecule has 3 aliphatic rings. The van der Waals surface area contributed by atoms with Gasteiger partial charge in [0.05, 0.1) is 24.2 Å². The Morgan fingerprint density at radius 2 is 1.92 bits per heavy atom. The lowest BCUT2D eigenvalue weighted by molar-refractivity contribution is -0.160. The van der Waals surface area contributed by atoms with Crippen molar-refractivity contribution >= 4 is 5.91 Å². The van der Waals surface area contributed by atoms with E-state index in [4.69, 9.17) is 4.52 Å². The molecule has 194 valence electrons. The molecule has 3 heterocycles. The van der Waals surface area contributed by atoms with E-state index in [1.807, 2.05) is 35.2 Å². The number of piperidine rings is 1. The van der Waals surface area contributed by atoms with Crippen LogP contribution in [0.4, 0.5) is 0 Å². The number of hydrogen-bond donors (Lipinski definition) is 1. The quantitative estimate of drug-likeness (QED) is 0.526. The summed E-state index contributed by atoms with van der Waals surface area (Å²) in [4.78, 5) is 37.0. The minimum absolute atomic E-state index is 0.0529. The van der Waals surface area contributed by atoms with Gasteiger partial charge in [-0.3, -0.25) is 14.2 Å². The Kier molecular flexibility index (Phi) is 6.18. The van der Waals surface area contributed by atoms with E-state index in [1.54, 1.807) is 6.33 Å². The van der Waals surface area contributed by atoms with Crippen LogP contribution in [0, 0.1) is 5.41 Å². The molecule has 37 heavy (non-hydrogen) atoms. The van der Waals surface area contributed by atoms with Crippen molar-refractivity contribution in [2.75, 3.05) is 13.1 Å². The second kappa shape index (κ2) is 9.52. The number of hydrogen-bond acceptors (Lipinski definition) is 7. The Morgan fingerprint density at radius 1 is 1.14 bits per heavy atom. The molecule has 3 fully saturated rings. The molecule has 0 radical (unpaired) electrons. The summed E-state index contributed by atoms with van der Waals surface area (Å²) < 4.78 is 6.84. The summed E-state index contributed by atoms with van der Waals surface area (Å²) in [6, 6.07) is 11.1. The summed E-state index contributed by atoms with van der Waals surface area (Å²) in [5.74, 6) is 1.73. The largest absolute Gasteiger partial charge is 0.387 e. The summed E-state index contributed by atoms with van der Waals surface area (Å²) in [6.45, 7) is 1.15. The van der Waals surface area contributed by atoms with Gasteiger partial charge in [-0.1, -0.05) is 48.3 Å². The molecule has 9 nitrogen and oxygen atoms in total. The molecule has 3 aromatic rings. The second-order valence-corrected chi connectivity index (χ2v) is 11.0. The van der Waals surface area contributed by atoms with E-state index in [0.29, 0.717) is 55.7 Å². The third-order valence-electron chi connectivity index (χ3n) is 8.54. The molecule has 9 heteroatoms. The molecule has 1 amide bonds. The predicted octanol–water partition coefficient (Wildman–Crippen LogP) is 3.33. The average Bonchev–Trinajstić information content (AvgIpc) is 3.46. The molecule has 1 N–H and O–H groups in total. The van der Waals surface area contributed by atoms with Crippen LogP contribution in [-0.2, 0) is 17.8 Å². The number of nitrogens with zero attached hydrogens (tertiary/aromatic N) is 5. The van der Waals surface area contributed by atoms with E-state index in [2.05, 4.69) is 15.1 Å². The van der Waals surface area contributed by atoms with Gasteiger partial charge in [-0.15, -0.1) is 0 Å². The van der Waals surface area contributed by atoms with E-state index in [-0.39, 0.29) is 18.0 Å². The average molecular weight is 504 g/mol. The molecule has 0 bridgehead atoms. The van der Waals surface area contributed by atoms with Crippen molar-refractivity contribution in [3.63, 3.8) is 0 Å². The van der Waals surface area contributed by atoms with E-state index < -0.39 is 11.0 Å². The van der Waals surface area contributed by atoms with Crippen molar-refractivity contribution in [1.29, 1.82) is 0 Å². The first-order chi connectivity index (χ1) is 17.9. The van der Waals surface area contributed by atoms with Crippen LogP contribution in [0.2, 0.25) is 0 Å². The van der Waals surface area contributed by atoms with Gasteiger partial charge in [-0.2, -0.15) is 4.98 Å². The standard InChI is InChI=1S/C28H33N5O4/c34-24(11-10-23-30-26(37-31-23)21-8-9-21)32-15-14-28(36,27(17-32)12-4-5-13-27)18-33-19-29-22(16-25(33)35)20-6-2-1-3-7-20/h1-3,6-7,16,19,21,36H,4-5,8-15,17-18H2/t28-/m1/s1. The molecule has 6 rings (SSSR count). The van der Waals surface area contributed by atoms with Crippen LogP contribution in [0.25, 0.3) is 11.3 Å². The lowest BCUT2D eigenvalue weighted by Crippen LogP contribution is -2.62. The van der Waals surface area contributed by atoms with Crippen LogP contribution in [-0.4, -0.2) is 54.3 Å². The Morgan fingerprint density at radius 3 is 2.65 bits per heavy atom. The van der Waals surface area contributed by atoms with Crippen molar-refractivity contribution in [2.45, 2.75) is 75.9 Å².